The van der Waals surface area contributed by atoms with Crippen molar-refractivity contribution in [1.82, 2.24) is 0 Å². The van der Waals surface area contributed by atoms with Gasteiger partial charge in [-0.2, -0.15) is 5.26 Å². The van der Waals surface area contributed by atoms with Gasteiger partial charge in [0.2, 0.25) is 0 Å². The summed E-state index contributed by atoms with van der Waals surface area (Å²) in [6.45, 7) is 0.740. The highest BCUT2D eigenvalue weighted by molar-refractivity contribution is 5.96. The van der Waals surface area contributed by atoms with E-state index in [0.29, 0.717) is 5.56 Å². The highest BCUT2D eigenvalue weighted by Crippen LogP contribution is 2.33. The molecule has 0 aliphatic heterocycles. The molecule has 2 heteroatoms. The molecular weight excluding hydrogens is 316 g/mol. The fraction of sp³-hybridized carbons (Fsp3) is 0.0417. The van der Waals surface area contributed by atoms with Crippen LogP contribution in [0.4, 0.5) is 11.4 Å². The number of nitriles is 1. The number of nitrogens with zero attached hydrogens (tertiary/aromatic N) is 2. The van der Waals surface area contributed by atoms with Gasteiger partial charge in [-0.15, -0.1) is 0 Å². The smallest absolute Gasteiger partial charge is 0.0991 e. The number of rotatable bonds is 4. The molecular formula is C24H18N2. The van der Waals surface area contributed by atoms with Gasteiger partial charge in [0.25, 0.3) is 0 Å². The van der Waals surface area contributed by atoms with Crippen molar-refractivity contribution in [3.63, 3.8) is 0 Å². The zero-order chi connectivity index (χ0) is 17.8. The third-order valence-corrected chi connectivity index (χ3v) is 4.55. The van der Waals surface area contributed by atoms with Gasteiger partial charge in [-0.1, -0.05) is 66.7 Å². The molecule has 4 rings (SSSR count). The molecule has 0 aliphatic rings. The van der Waals surface area contributed by atoms with Gasteiger partial charge in [0.15, 0.2) is 0 Å². The standard InChI is InChI=1S/C24H18N2/c25-17-19-13-15-20(16-14-19)18-26(22-9-2-1-3-10-22)24-12-6-8-21-7-4-5-11-23(21)24/h1-16H,18H2. The van der Waals surface area contributed by atoms with Crippen LogP contribution in [0.3, 0.4) is 0 Å². The van der Waals surface area contributed by atoms with E-state index < -0.39 is 0 Å². The maximum absolute atomic E-state index is 9.02. The molecule has 26 heavy (non-hydrogen) atoms. The minimum atomic E-state index is 0.685. The Hall–Kier alpha value is -3.57. The average Bonchev–Trinajstić information content (AvgIpc) is 2.73. The largest absolute Gasteiger partial charge is 0.336 e. The summed E-state index contributed by atoms with van der Waals surface area (Å²) < 4.78 is 0. The lowest BCUT2D eigenvalue weighted by Crippen LogP contribution is -2.16. The van der Waals surface area contributed by atoms with Crippen molar-refractivity contribution in [1.29, 1.82) is 5.26 Å². The van der Waals surface area contributed by atoms with Crippen molar-refractivity contribution >= 4 is 22.1 Å². The van der Waals surface area contributed by atoms with Crippen LogP contribution >= 0.6 is 0 Å². The summed E-state index contributed by atoms with van der Waals surface area (Å²) in [6, 6.07) is 35.3. The van der Waals surface area contributed by atoms with Gasteiger partial charge in [0.05, 0.1) is 11.6 Å². The first-order chi connectivity index (χ1) is 12.8. The van der Waals surface area contributed by atoms with Crippen molar-refractivity contribution in [2.75, 3.05) is 4.90 Å². The van der Waals surface area contributed by atoms with Crippen LogP contribution in [0.15, 0.2) is 97.1 Å². The molecule has 0 amide bonds. The highest BCUT2D eigenvalue weighted by Gasteiger charge is 2.13. The van der Waals surface area contributed by atoms with Crippen molar-refractivity contribution < 1.29 is 0 Å². The number of hydrogen-bond acceptors (Lipinski definition) is 2. The second kappa shape index (κ2) is 7.13. The van der Waals surface area contributed by atoms with E-state index in [0.717, 1.165) is 12.2 Å². The lowest BCUT2D eigenvalue weighted by molar-refractivity contribution is 0.980. The third-order valence-electron chi connectivity index (χ3n) is 4.55. The molecule has 0 saturated heterocycles. The first-order valence-corrected chi connectivity index (χ1v) is 8.64. The Kier molecular flexibility index (Phi) is 4.37. The Morgan fingerprint density at radius 2 is 1.38 bits per heavy atom. The van der Waals surface area contributed by atoms with Gasteiger partial charge in [-0.3, -0.25) is 0 Å². The SMILES string of the molecule is N#Cc1ccc(CN(c2ccccc2)c2cccc3ccccc23)cc1. The van der Waals surface area contributed by atoms with Gasteiger partial charge in [0.1, 0.15) is 0 Å². The summed E-state index contributed by atoms with van der Waals surface area (Å²) >= 11 is 0. The molecule has 0 saturated carbocycles. The molecule has 0 spiro atoms. The molecule has 4 aromatic rings. The maximum Gasteiger partial charge on any atom is 0.0991 e. The molecule has 2 nitrogen and oxygen atoms in total. The van der Waals surface area contributed by atoms with Crippen LogP contribution in [0.5, 0.6) is 0 Å². The Labute approximate surface area is 153 Å². The summed E-state index contributed by atoms with van der Waals surface area (Å²) in [5.41, 5.74) is 4.18. The fourth-order valence-corrected chi connectivity index (χ4v) is 3.23. The van der Waals surface area contributed by atoms with Crippen molar-refractivity contribution in [3.05, 3.63) is 108 Å². The monoisotopic (exact) mass is 334 g/mol. The third kappa shape index (κ3) is 3.16. The molecule has 0 radical (unpaired) electrons. The van der Waals surface area contributed by atoms with Crippen molar-refractivity contribution in [2.45, 2.75) is 6.54 Å². The van der Waals surface area contributed by atoms with Crippen LogP contribution in [0.2, 0.25) is 0 Å². The molecule has 124 valence electrons. The van der Waals surface area contributed by atoms with Gasteiger partial charge >= 0.3 is 0 Å². The second-order valence-corrected chi connectivity index (χ2v) is 6.23. The molecule has 0 N–H and O–H groups in total. The van der Waals surface area contributed by atoms with Crippen molar-refractivity contribution in [3.8, 4) is 6.07 Å². The molecule has 0 aliphatic carbocycles. The Morgan fingerprint density at radius 1 is 0.692 bits per heavy atom. The molecule has 0 unspecified atom stereocenters. The quantitative estimate of drug-likeness (QED) is 0.454. The van der Waals surface area contributed by atoms with Crippen LogP contribution < -0.4 is 4.90 Å². The van der Waals surface area contributed by atoms with E-state index in [1.54, 1.807) is 0 Å². The summed E-state index contributed by atoms with van der Waals surface area (Å²) in [4.78, 5) is 2.32. The minimum absolute atomic E-state index is 0.685. The van der Waals surface area contributed by atoms with Gasteiger partial charge in [0, 0.05) is 23.3 Å². The fourth-order valence-electron chi connectivity index (χ4n) is 3.23. The normalized spacial score (nSPS) is 10.4. The highest BCUT2D eigenvalue weighted by atomic mass is 15.1. The van der Waals surface area contributed by atoms with E-state index in [1.807, 2.05) is 30.3 Å². The molecule has 0 fully saturated rings. The van der Waals surface area contributed by atoms with Crippen molar-refractivity contribution in [2.24, 2.45) is 0 Å². The van der Waals surface area contributed by atoms with Crippen LogP contribution in [-0.2, 0) is 6.54 Å². The zero-order valence-corrected chi connectivity index (χ0v) is 14.3. The lowest BCUT2D eigenvalue weighted by Gasteiger charge is -2.26. The Balaban J connectivity index is 1.81. The predicted octanol–water partition coefficient (Wildman–Crippen LogP) is 6.05. The summed E-state index contributed by atoms with van der Waals surface area (Å²) in [6.07, 6.45) is 0. The molecule has 0 aromatic heterocycles. The topological polar surface area (TPSA) is 27.0 Å². The van der Waals surface area contributed by atoms with E-state index in [4.69, 9.17) is 5.26 Å². The Bertz CT molecular complexity index is 1060. The van der Waals surface area contributed by atoms with Gasteiger partial charge < -0.3 is 4.90 Å². The van der Waals surface area contributed by atoms with E-state index in [1.165, 1.54) is 22.0 Å². The number of hydrogen-bond donors (Lipinski definition) is 0. The second-order valence-electron chi connectivity index (χ2n) is 6.23. The first kappa shape index (κ1) is 15.9. The number of anilines is 2. The van der Waals surface area contributed by atoms with Gasteiger partial charge in [-0.05, 0) is 41.3 Å². The van der Waals surface area contributed by atoms with Crippen LogP contribution in [0, 0.1) is 11.3 Å². The molecule has 0 atom stereocenters. The Morgan fingerprint density at radius 3 is 2.15 bits per heavy atom. The zero-order valence-electron chi connectivity index (χ0n) is 14.3. The summed E-state index contributed by atoms with van der Waals surface area (Å²) in [7, 11) is 0. The van der Waals surface area contributed by atoms with E-state index in [-0.39, 0.29) is 0 Å². The van der Waals surface area contributed by atoms with E-state index in [9.17, 15) is 0 Å². The lowest BCUT2D eigenvalue weighted by atomic mass is 10.1. The first-order valence-electron chi connectivity index (χ1n) is 8.64. The average molecular weight is 334 g/mol. The van der Waals surface area contributed by atoms with Crippen LogP contribution in [0.1, 0.15) is 11.1 Å². The van der Waals surface area contributed by atoms with E-state index >= 15 is 0 Å². The number of benzene rings is 4. The maximum atomic E-state index is 9.02. The minimum Gasteiger partial charge on any atom is -0.336 e. The number of fused-ring (bicyclic) bond motifs is 1. The molecule has 0 heterocycles. The van der Waals surface area contributed by atoms with E-state index in [2.05, 4.69) is 77.7 Å². The van der Waals surface area contributed by atoms with Gasteiger partial charge in [-0.25, -0.2) is 0 Å². The summed E-state index contributed by atoms with van der Waals surface area (Å²) in [5.74, 6) is 0. The number of para-hydroxylation sites is 1. The van der Waals surface area contributed by atoms with Crippen LogP contribution in [0.25, 0.3) is 10.8 Å². The molecule has 4 aromatic carbocycles. The van der Waals surface area contributed by atoms with Crippen LogP contribution in [-0.4, -0.2) is 0 Å². The summed E-state index contributed by atoms with van der Waals surface area (Å²) in [5, 5.41) is 11.5. The predicted molar refractivity (Wildman–Crippen MR) is 107 cm³/mol. The molecule has 0 bridgehead atoms.